The standard InChI is InChI=1S/C3H9N.BH3.H2/c1-4(2)3;;/h1-3H3;1H3;1H. The molecule has 34 valence electrons. The smallest absolute Gasteiger partial charge is 0.0814 e. The zero-order chi connectivity index (χ0) is 3.58. The van der Waals surface area contributed by atoms with Crippen LogP contribution in [0.3, 0.4) is 0 Å². The number of hydrogen-bond donors (Lipinski definition) is 0. The molecule has 0 amide bonds. The lowest BCUT2D eigenvalue weighted by Gasteiger charge is -1.90. The molecule has 0 bridgehead atoms. The lowest BCUT2D eigenvalue weighted by Crippen LogP contribution is -1.99. The number of hydrogen-bond acceptors (Lipinski definition) is 1. The van der Waals surface area contributed by atoms with E-state index in [1.54, 1.807) is 0 Å². The van der Waals surface area contributed by atoms with E-state index in [0.717, 1.165) is 0 Å². The summed E-state index contributed by atoms with van der Waals surface area (Å²) in [5.41, 5.74) is 0. The first-order chi connectivity index (χ1) is 1.73. The third-order valence-electron chi connectivity index (χ3n) is 0. The molecule has 0 atom stereocenters. The molecule has 5 heavy (non-hydrogen) atoms. The van der Waals surface area contributed by atoms with Crippen molar-refractivity contribution >= 4 is 8.41 Å². The van der Waals surface area contributed by atoms with Gasteiger partial charge in [0.1, 0.15) is 0 Å². The molecule has 0 aliphatic rings. The van der Waals surface area contributed by atoms with Gasteiger partial charge in [0.25, 0.3) is 0 Å². The maximum absolute atomic E-state index is 2.00. The van der Waals surface area contributed by atoms with Gasteiger partial charge in [-0.2, -0.15) is 0 Å². The highest BCUT2D eigenvalue weighted by molar-refractivity contribution is 5.75. The summed E-state index contributed by atoms with van der Waals surface area (Å²) in [5.74, 6) is 0. The Morgan fingerprint density at radius 1 is 1.20 bits per heavy atom. The highest BCUT2D eigenvalue weighted by Gasteiger charge is 1.58. The quantitative estimate of drug-likeness (QED) is 0.342. The first kappa shape index (κ1) is 8.90. The Labute approximate surface area is 37.0 Å². The van der Waals surface area contributed by atoms with Gasteiger partial charge in [-0.15, -0.1) is 0 Å². The molecule has 0 spiro atoms. The summed E-state index contributed by atoms with van der Waals surface area (Å²) in [6, 6.07) is 0. The number of nitrogens with zero attached hydrogens (tertiary/aromatic N) is 1. The fourth-order valence-electron chi connectivity index (χ4n) is 0. The van der Waals surface area contributed by atoms with E-state index in [1.165, 1.54) is 0 Å². The normalized spacial score (nSPS) is 7.20. The highest BCUT2D eigenvalue weighted by Crippen LogP contribution is 1.47. The fourth-order valence-corrected chi connectivity index (χ4v) is 0. The fraction of sp³-hybridized carbons (Fsp3) is 1.00. The first-order valence-corrected chi connectivity index (χ1v) is 1.34. The van der Waals surface area contributed by atoms with E-state index in [2.05, 4.69) is 0 Å². The van der Waals surface area contributed by atoms with E-state index < -0.39 is 0 Å². The summed E-state index contributed by atoms with van der Waals surface area (Å²) in [7, 11) is 6.00. The molecule has 0 radical (unpaired) electrons. The summed E-state index contributed by atoms with van der Waals surface area (Å²) < 4.78 is 0. The lowest BCUT2D eigenvalue weighted by molar-refractivity contribution is 0.505. The van der Waals surface area contributed by atoms with Crippen LogP contribution in [0.4, 0.5) is 0 Å². The lowest BCUT2D eigenvalue weighted by atomic mass is 10.8. The van der Waals surface area contributed by atoms with Gasteiger partial charge in [0.15, 0.2) is 0 Å². The first-order valence-electron chi connectivity index (χ1n) is 1.34. The van der Waals surface area contributed by atoms with Gasteiger partial charge in [-0.25, -0.2) is 0 Å². The SMILES string of the molecule is B.CN(C)C.[HH]. The van der Waals surface area contributed by atoms with Crippen LogP contribution in [0, 0.1) is 0 Å². The van der Waals surface area contributed by atoms with Gasteiger partial charge in [0, 0.05) is 1.43 Å². The molecule has 0 aromatic carbocycles. The molecule has 1 nitrogen and oxygen atoms in total. The van der Waals surface area contributed by atoms with Gasteiger partial charge < -0.3 is 4.90 Å². The Morgan fingerprint density at radius 3 is 1.20 bits per heavy atom. The third-order valence-corrected chi connectivity index (χ3v) is 0. The van der Waals surface area contributed by atoms with Crippen LogP contribution in [0.2, 0.25) is 0 Å². The largest absolute Gasteiger partial charge is 0.312 e. The van der Waals surface area contributed by atoms with Gasteiger partial charge in [-0.3, -0.25) is 0 Å². The van der Waals surface area contributed by atoms with Crippen molar-refractivity contribution in [3.8, 4) is 0 Å². The van der Waals surface area contributed by atoms with Crippen molar-refractivity contribution in [2.24, 2.45) is 0 Å². The van der Waals surface area contributed by atoms with Gasteiger partial charge >= 0.3 is 0 Å². The second-order valence-electron chi connectivity index (χ2n) is 1.34. The summed E-state index contributed by atoms with van der Waals surface area (Å²) in [6.45, 7) is 0. The minimum Gasteiger partial charge on any atom is -0.312 e. The Balaban J connectivity index is -0.0000000450. The van der Waals surface area contributed by atoms with Crippen molar-refractivity contribution < 1.29 is 1.43 Å². The van der Waals surface area contributed by atoms with Crippen LogP contribution in [0.1, 0.15) is 1.43 Å². The predicted octanol–water partition coefficient (Wildman–Crippen LogP) is -0.760. The van der Waals surface area contributed by atoms with Crippen molar-refractivity contribution in [1.29, 1.82) is 0 Å². The van der Waals surface area contributed by atoms with E-state index >= 15 is 0 Å². The molecule has 0 aliphatic heterocycles. The summed E-state index contributed by atoms with van der Waals surface area (Å²) in [4.78, 5) is 2.00. The Kier molecular flexibility index (Phi) is 7.16. The topological polar surface area (TPSA) is 3.24 Å². The van der Waals surface area contributed by atoms with Crippen molar-refractivity contribution in [3.63, 3.8) is 0 Å². The minimum absolute atomic E-state index is 0. The van der Waals surface area contributed by atoms with Crippen molar-refractivity contribution in [2.75, 3.05) is 21.1 Å². The van der Waals surface area contributed by atoms with Crippen LogP contribution < -0.4 is 0 Å². The van der Waals surface area contributed by atoms with Crippen molar-refractivity contribution in [1.82, 2.24) is 4.90 Å². The molecule has 2 heteroatoms. The molecule has 0 N–H and O–H groups in total. The minimum atomic E-state index is 0. The molecule has 0 heterocycles. The molecule has 0 aliphatic carbocycles. The monoisotopic (exact) mass is 75.1 g/mol. The third kappa shape index (κ3) is 26500. The molecule has 0 unspecified atom stereocenters. The molecule has 0 rings (SSSR count). The maximum atomic E-state index is 2.00. The average Bonchev–Trinajstić information content (AvgIpc) is 0.811. The van der Waals surface area contributed by atoms with Crippen LogP contribution in [-0.4, -0.2) is 34.5 Å². The van der Waals surface area contributed by atoms with Gasteiger partial charge in [-0.1, -0.05) is 0 Å². The molecular formula is C3H14BN. The Bertz CT molecular complexity index is 15.5. The van der Waals surface area contributed by atoms with Crippen LogP contribution >= 0.6 is 0 Å². The van der Waals surface area contributed by atoms with Gasteiger partial charge in [0.2, 0.25) is 0 Å². The van der Waals surface area contributed by atoms with E-state index in [-0.39, 0.29) is 9.84 Å². The molecule has 0 aromatic rings. The second-order valence-corrected chi connectivity index (χ2v) is 1.34. The van der Waals surface area contributed by atoms with Crippen molar-refractivity contribution in [2.45, 2.75) is 0 Å². The number of rotatable bonds is 0. The summed E-state index contributed by atoms with van der Waals surface area (Å²) in [5, 5.41) is 0. The molecule has 0 saturated carbocycles. The predicted molar refractivity (Wildman–Crippen MR) is 31.7 cm³/mol. The maximum Gasteiger partial charge on any atom is 0.0814 e. The molecule has 0 aromatic heterocycles. The van der Waals surface area contributed by atoms with E-state index in [4.69, 9.17) is 0 Å². The Hall–Kier alpha value is 0.0249. The Morgan fingerprint density at radius 2 is 1.20 bits per heavy atom. The second kappa shape index (κ2) is 4.02. The van der Waals surface area contributed by atoms with E-state index in [9.17, 15) is 0 Å². The van der Waals surface area contributed by atoms with Gasteiger partial charge in [0.05, 0.1) is 8.41 Å². The van der Waals surface area contributed by atoms with E-state index in [1.807, 2.05) is 26.0 Å². The molecular weight excluding hydrogens is 60.9 g/mol. The summed E-state index contributed by atoms with van der Waals surface area (Å²) in [6.07, 6.45) is 0. The highest BCUT2D eigenvalue weighted by atomic mass is 15.0. The average molecular weight is 75.0 g/mol. The van der Waals surface area contributed by atoms with Crippen LogP contribution in [-0.2, 0) is 0 Å². The zero-order valence-corrected chi connectivity index (χ0v) is 3.45. The van der Waals surface area contributed by atoms with Gasteiger partial charge in [-0.05, 0) is 21.1 Å². The molecule has 0 fully saturated rings. The van der Waals surface area contributed by atoms with Crippen LogP contribution in [0.15, 0.2) is 0 Å². The van der Waals surface area contributed by atoms with Crippen LogP contribution in [0.25, 0.3) is 0 Å². The zero-order valence-electron chi connectivity index (χ0n) is 3.45. The van der Waals surface area contributed by atoms with E-state index in [0.29, 0.717) is 0 Å². The molecule has 0 saturated heterocycles. The van der Waals surface area contributed by atoms with Crippen molar-refractivity contribution in [3.05, 3.63) is 0 Å². The summed E-state index contributed by atoms with van der Waals surface area (Å²) >= 11 is 0. The van der Waals surface area contributed by atoms with Crippen LogP contribution in [0.5, 0.6) is 0 Å².